The van der Waals surface area contributed by atoms with Crippen LogP contribution in [0.4, 0.5) is 17.2 Å². The predicted octanol–water partition coefficient (Wildman–Crippen LogP) is 6.14. The van der Waals surface area contributed by atoms with Crippen LogP contribution in [0.25, 0.3) is 6.08 Å². The molecule has 3 aromatic rings. The van der Waals surface area contributed by atoms with Gasteiger partial charge in [-0.05, 0) is 56.0 Å². The largest absolute Gasteiger partial charge is 0.493 e. The van der Waals surface area contributed by atoms with Crippen LogP contribution >= 0.6 is 0 Å². The highest BCUT2D eigenvalue weighted by Crippen LogP contribution is 2.35. The van der Waals surface area contributed by atoms with Gasteiger partial charge in [-0.1, -0.05) is 42.5 Å². The highest BCUT2D eigenvalue weighted by Gasteiger charge is 2.23. The maximum atomic E-state index is 6.11. The molecule has 1 fully saturated rings. The van der Waals surface area contributed by atoms with E-state index in [0.29, 0.717) is 5.92 Å². The monoisotopic (exact) mass is 415 g/mol. The molecule has 0 saturated heterocycles. The Balaban J connectivity index is 1.46. The van der Waals surface area contributed by atoms with Crippen LogP contribution in [0.15, 0.2) is 72.9 Å². The second kappa shape index (κ2) is 10.0. The number of aromatic nitrogens is 1. The van der Waals surface area contributed by atoms with Gasteiger partial charge in [0.1, 0.15) is 5.82 Å². The first-order chi connectivity index (χ1) is 15.2. The van der Waals surface area contributed by atoms with Crippen LogP contribution in [0, 0.1) is 5.92 Å². The molecule has 0 radical (unpaired) electrons. The minimum atomic E-state index is 0.106. The Kier molecular flexibility index (Phi) is 6.72. The molecule has 1 aliphatic rings. The Bertz CT molecular complexity index is 1020. The fourth-order valence-corrected chi connectivity index (χ4v) is 3.30. The van der Waals surface area contributed by atoms with Gasteiger partial charge in [0.2, 0.25) is 0 Å². The molecule has 1 atom stereocenters. The molecule has 2 aromatic carbocycles. The highest BCUT2D eigenvalue weighted by atomic mass is 16.5. The van der Waals surface area contributed by atoms with Gasteiger partial charge in [0.05, 0.1) is 25.1 Å². The Labute approximate surface area is 184 Å². The van der Waals surface area contributed by atoms with Crippen molar-refractivity contribution in [3.63, 3.8) is 0 Å². The van der Waals surface area contributed by atoms with Crippen LogP contribution in [0.1, 0.15) is 25.3 Å². The molecular weight excluding hydrogens is 386 g/mol. The molecule has 2 N–H and O–H groups in total. The zero-order valence-electron chi connectivity index (χ0n) is 18.0. The van der Waals surface area contributed by atoms with Crippen LogP contribution in [0.3, 0.4) is 0 Å². The molecule has 0 aliphatic heterocycles. The molecule has 0 amide bonds. The number of nitrogens with one attached hydrogen (secondary N) is 2. The summed E-state index contributed by atoms with van der Waals surface area (Å²) in [5.74, 6) is 3.09. The van der Waals surface area contributed by atoms with Crippen molar-refractivity contribution >= 4 is 23.3 Å². The lowest BCUT2D eigenvalue weighted by Gasteiger charge is -2.17. The lowest BCUT2D eigenvalue weighted by Crippen LogP contribution is -2.13. The topological polar surface area (TPSA) is 55.4 Å². The van der Waals surface area contributed by atoms with Crippen molar-refractivity contribution in [2.45, 2.75) is 25.8 Å². The van der Waals surface area contributed by atoms with E-state index in [9.17, 15) is 0 Å². The van der Waals surface area contributed by atoms with Gasteiger partial charge >= 0.3 is 0 Å². The van der Waals surface area contributed by atoms with Crippen molar-refractivity contribution in [3.05, 3.63) is 78.5 Å². The predicted molar refractivity (Wildman–Crippen MR) is 127 cm³/mol. The van der Waals surface area contributed by atoms with Crippen molar-refractivity contribution < 1.29 is 9.47 Å². The SMILES string of the molecule is COc1cccc(/C=C/C(C)Nc2ccccc2Nc2ccccn2)c1OCC1CC1. The molecule has 0 spiro atoms. The smallest absolute Gasteiger partial charge is 0.168 e. The number of benzene rings is 2. The Hall–Kier alpha value is -3.47. The number of hydrogen-bond donors (Lipinski definition) is 2. The summed E-state index contributed by atoms with van der Waals surface area (Å²) in [6.07, 6.45) is 8.52. The number of rotatable bonds is 10. The van der Waals surface area contributed by atoms with Crippen LogP contribution in [0.5, 0.6) is 11.5 Å². The van der Waals surface area contributed by atoms with Gasteiger partial charge in [-0.3, -0.25) is 0 Å². The normalized spacial score (nSPS) is 14.3. The average Bonchev–Trinajstić information content (AvgIpc) is 3.63. The van der Waals surface area contributed by atoms with Crippen molar-refractivity contribution in [2.75, 3.05) is 24.4 Å². The molecule has 1 heterocycles. The molecule has 4 rings (SSSR count). The van der Waals surface area contributed by atoms with Crippen molar-refractivity contribution in [1.82, 2.24) is 4.98 Å². The molecule has 1 aliphatic carbocycles. The van der Waals surface area contributed by atoms with E-state index in [2.05, 4.69) is 46.8 Å². The Morgan fingerprint density at radius 2 is 1.84 bits per heavy atom. The molecule has 160 valence electrons. The molecule has 5 heteroatoms. The fourth-order valence-electron chi connectivity index (χ4n) is 3.30. The maximum Gasteiger partial charge on any atom is 0.168 e. The molecule has 5 nitrogen and oxygen atoms in total. The molecule has 1 unspecified atom stereocenters. The number of methoxy groups -OCH3 is 1. The number of nitrogens with zero attached hydrogens (tertiary/aromatic N) is 1. The average molecular weight is 416 g/mol. The van der Waals surface area contributed by atoms with Gasteiger partial charge in [0.25, 0.3) is 0 Å². The zero-order chi connectivity index (χ0) is 21.5. The summed E-state index contributed by atoms with van der Waals surface area (Å²) in [6, 6.07) is 20.1. The lowest BCUT2D eigenvalue weighted by atomic mass is 10.1. The number of hydrogen-bond acceptors (Lipinski definition) is 5. The summed E-state index contributed by atoms with van der Waals surface area (Å²) >= 11 is 0. The maximum absolute atomic E-state index is 6.11. The number of pyridine rings is 1. The molecule has 31 heavy (non-hydrogen) atoms. The third kappa shape index (κ3) is 5.79. The summed E-state index contributed by atoms with van der Waals surface area (Å²) in [5, 5.41) is 6.93. The van der Waals surface area contributed by atoms with E-state index in [4.69, 9.17) is 9.47 Å². The van der Waals surface area contributed by atoms with E-state index < -0.39 is 0 Å². The second-order valence-corrected chi connectivity index (χ2v) is 7.81. The van der Waals surface area contributed by atoms with E-state index in [0.717, 1.165) is 40.9 Å². The van der Waals surface area contributed by atoms with Gasteiger partial charge < -0.3 is 20.1 Å². The lowest BCUT2D eigenvalue weighted by molar-refractivity contribution is 0.280. The zero-order valence-corrected chi connectivity index (χ0v) is 18.0. The quantitative estimate of drug-likeness (QED) is 0.417. The number of anilines is 3. The summed E-state index contributed by atoms with van der Waals surface area (Å²) < 4.78 is 11.6. The summed E-state index contributed by atoms with van der Waals surface area (Å²) in [6.45, 7) is 2.88. The van der Waals surface area contributed by atoms with Gasteiger partial charge in [-0.25, -0.2) is 4.98 Å². The van der Waals surface area contributed by atoms with E-state index >= 15 is 0 Å². The van der Waals surface area contributed by atoms with Gasteiger partial charge in [-0.15, -0.1) is 0 Å². The summed E-state index contributed by atoms with van der Waals surface area (Å²) in [5.41, 5.74) is 3.02. The van der Waals surface area contributed by atoms with Crippen LogP contribution in [0.2, 0.25) is 0 Å². The van der Waals surface area contributed by atoms with Crippen LogP contribution < -0.4 is 20.1 Å². The number of para-hydroxylation sites is 3. The van der Waals surface area contributed by atoms with Gasteiger partial charge in [0.15, 0.2) is 11.5 Å². The number of ether oxygens (including phenoxy) is 2. The van der Waals surface area contributed by atoms with E-state index in [-0.39, 0.29) is 6.04 Å². The summed E-state index contributed by atoms with van der Waals surface area (Å²) in [4.78, 5) is 4.35. The first-order valence-electron chi connectivity index (χ1n) is 10.7. The van der Waals surface area contributed by atoms with Gasteiger partial charge in [0, 0.05) is 17.8 Å². The molecular formula is C26H29N3O2. The second-order valence-electron chi connectivity index (χ2n) is 7.81. The fraction of sp³-hybridized carbons (Fsp3) is 0.269. The Morgan fingerprint density at radius 3 is 2.58 bits per heavy atom. The standard InChI is InChI=1S/C26H29N3O2/c1-19(28-22-9-3-4-10-23(22)29-25-12-5-6-17-27-25)13-16-21-8-7-11-24(30-2)26(21)31-18-20-14-15-20/h3-13,16-17,19-20,28H,14-15,18H2,1-2H3,(H,27,29)/b16-13+. The third-order valence-corrected chi connectivity index (χ3v) is 5.19. The van der Waals surface area contributed by atoms with Crippen molar-refractivity contribution in [1.29, 1.82) is 0 Å². The minimum Gasteiger partial charge on any atom is -0.493 e. The Morgan fingerprint density at radius 1 is 1.03 bits per heavy atom. The van der Waals surface area contributed by atoms with Crippen LogP contribution in [-0.2, 0) is 0 Å². The van der Waals surface area contributed by atoms with E-state index in [1.54, 1.807) is 13.3 Å². The molecule has 1 aromatic heterocycles. The molecule has 1 saturated carbocycles. The molecule has 0 bridgehead atoms. The van der Waals surface area contributed by atoms with Crippen molar-refractivity contribution in [3.8, 4) is 11.5 Å². The first kappa shape index (κ1) is 20.8. The van der Waals surface area contributed by atoms with E-state index in [1.807, 2.05) is 48.5 Å². The highest BCUT2D eigenvalue weighted by molar-refractivity contribution is 5.74. The first-order valence-corrected chi connectivity index (χ1v) is 10.7. The van der Waals surface area contributed by atoms with Crippen LogP contribution in [-0.4, -0.2) is 24.7 Å². The minimum absolute atomic E-state index is 0.106. The van der Waals surface area contributed by atoms with Gasteiger partial charge in [-0.2, -0.15) is 0 Å². The van der Waals surface area contributed by atoms with E-state index in [1.165, 1.54) is 12.8 Å². The third-order valence-electron chi connectivity index (χ3n) is 5.19. The summed E-state index contributed by atoms with van der Waals surface area (Å²) in [7, 11) is 1.68. The van der Waals surface area contributed by atoms with Crippen molar-refractivity contribution in [2.24, 2.45) is 5.92 Å².